The van der Waals surface area contributed by atoms with Gasteiger partial charge in [-0.1, -0.05) is 40.0 Å². The smallest absolute Gasteiger partial charge is 0.0410 e. The van der Waals surface area contributed by atoms with Crippen LogP contribution in [0.3, 0.4) is 0 Å². The van der Waals surface area contributed by atoms with Crippen LogP contribution in [-0.2, 0) is 6.42 Å². The van der Waals surface area contributed by atoms with Crippen molar-refractivity contribution in [1.29, 1.82) is 0 Å². The van der Waals surface area contributed by atoms with Crippen molar-refractivity contribution in [2.75, 3.05) is 6.54 Å². The van der Waals surface area contributed by atoms with E-state index in [9.17, 15) is 0 Å². The van der Waals surface area contributed by atoms with Gasteiger partial charge in [0.1, 0.15) is 0 Å². The summed E-state index contributed by atoms with van der Waals surface area (Å²) >= 11 is 3.52. The fourth-order valence-corrected chi connectivity index (χ4v) is 3.13. The Morgan fingerprint density at radius 1 is 1.20 bits per heavy atom. The highest BCUT2D eigenvalue weighted by Crippen LogP contribution is 2.21. The average Bonchev–Trinajstić information content (AvgIpc) is 2.45. The fraction of sp³-hybridized carbons (Fsp3) is 0.706. The van der Waals surface area contributed by atoms with E-state index in [1.165, 1.54) is 37.7 Å². The first-order valence-electron chi connectivity index (χ1n) is 8.04. The largest absolute Gasteiger partial charge is 0.313 e. The zero-order chi connectivity index (χ0) is 14.8. The molecule has 20 heavy (non-hydrogen) atoms. The highest BCUT2D eigenvalue weighted by molar-refractivity contribution is 9.10. The molecule has 1 heterocycles. The van der Waals surface area contributed by atoms with Crippen molar-refractivity contribution in [2.45, 2.75) is 65.3 Å². The minimum absolute atomic E-state index is 0.572. The van der Waals surface area contributed by atoms with Crippen LogP contribution in [0.1, 0.15) is 58.4 Å². The maximum Gasteiger partial charge on any atom is 0.0410 e. The van der Waals surface area contributed by atoms with E-state index < -0.39 is 0 Å². The molecule has 0 aliphatic rings. The van der Waals surface area contributed by atoms with Crippen molar-refractivity contribution in [3.63, 3.8) is 0 Å². The Hall–Kier alpha value is -0.410. The Bertz CT molecular complexity index is 368. The Labute approximate surface area is 132 Å². The minimum Gasteiger partial charge on any atom is -0.313 e. The van der Waals surface area contributed by atoms with Gasteiger partial charge < -0.3 is 5.32 Å². The Morgan fingerprint density at radius 3 is 2.60 bits per heavy atom. The van der Waals surface area contributed by atoms with Gasteiger partial charge in [0.05, 0.1) is 0 Å². The van der Waals surface area contributed by atoms with Crippen molar-refractivity contribution in [3.8, 4) is 0 Å². The zero-order valence-electron chi connectivity index (χ0n) is 13.2. The molecule has 114 valence electrons. The normalized spacial score (nSPS) is 14.2. The maximum absolute atomic E-state index is 4.29. The van der Waals surface area contributed by atoms with Crippen LogP contribution in [0, 0.1) is 5.92 Å². The van der Waals surface area contributed by atoms with Crippen LogP contribution in [0.25, 0.3) is 0 Å². The first-order valence-corrected chi connectivity index (χ1v) is 8.83. The number of halogens is 1. The zero-order valence-corrected chi connectivity index (χ0v) is 14.7. The molecule has 0 amide bonds. The lowest BCUT2D eigenvalue weighted by Gasteiger charge is -2.27. The summed E-state index contributed by atoms with van der Waals surface area (Å²) in [5.41, 5.74) is 1.32. The molecule has 0 saturated carbocycles. The molecule has 1 rings (SSSR count). The van der Waals surface area contributed by atoms with Gasteiger partial charge in [-0.2, -0.15) is 0 Å². The molecule has 0 aliphatic heterocycles. The number of nitrogens with one attached hydrogen (secondary N) is 1. The number of pyridine rings is 1. The second-order valence-electron chi connectivity index (χ2n) is 5.59. The summed E-state index contributed by atoms with van der Waals surface area (Å²) in [6, 6.07) is 2.77. The minimum atomic E-state index is 0.572. The summed E-state index contributed by atoms with van der Waals surface area (Å²) in [7, 11) is 0. The lowest BCUT2D eigenvalue weighted by Crippen LogP contribution is -2.38. The summed E-state index contributed by atoms with van der Waals surface area (Å²) in [6.07, 6.45) is 11.3. The number of hydrogen-bond acceptors (Lipinski definition) is 2. The van der Waals surface area contributed by atoms with E-state index in [2.05, 4.69) is 53.1 Å². The maximum atomic E-state index is 4.29. The van der Waals surface area contributed by atoms with Crippen LogP contribution in [0.4, 0.5) is 0 Å². The van der Waals surface area contributed by atoms with E-state index in [0.29, 0.717) is 6.04 Å². The number of hydrogen-bond donors (Lipinski definition) is 1. The predicted octanol–water partition coefficient (Wildman–Crippen LogP) is 4.97. The van der Waals surface area contributed by atoms with E-state index in [1.54, 1.807) is 0 Å². The first-order chi connectivity index (χ1) is 9.71. The van der Waals surface area contributed by atoms with Crippen LogP contribution in [-0.4, -0.2) is 17.6 Å². The summed E-state index contributed by atoms with van der Waals surface area (Å²) in [5, 5.41) is 3.75. The van der Waals surface area contributed by atoms with Gasteiger partial charge in [0.2, 0.25) is 0 Å². The molecule has 0 radical (unpaired) electrons. The van der Waals surface area contributed by atoms with Crippen molar-refractivity contribution >= 4 is 15.9 Å². The lowest BCUT2D eigenvalue weighted by atomic mass is 9.87. The third-order valence-electron chi connectivity index (χ3n) is 3.90. The van der Waals surface area contributed by atoms with E-state index in [-0.39, 0.29) is 0 Å². The van der Waals surface area contributed by atoms with Gasteiger partial charge in [-0.3, -0.25) is 4.98 Å². The quantitative estimate of drug-likeness (QED) is 0.650. The molecule has 3 heteroatoms. The number of rotatable bonds is 10. The van der Waals surface area contributed by atoms with E-state index in [1.807, 2.05) is 12.4 Å². The molecule has 2 unspecified atom stereocenters. The Kier molecular flexibility index (Phi) is 9.12. The van der Waals surface area contributed by atoms with Crippen LogP contribution >= 0.6 is 15.9 Å². The molecule has 2 nitrogen and oxygen atoms in total. The average molecular weight is 341 g/mol. The molecular weight excluding hydrogens is 312 g/mol. The van der Waals surface area contributed by atoms with Crippen molar-refractivity contribution in [2.24, 2.45) is 5.92 Å². The number of nitrogens with zero attached hydrogens (tertiary/aromatic N) is 1. The molecule has 0 aliphatic carbocycles. The van der Waals surface area contributed by atoms with Crippen molar-refractivity contribution in [1.82, 2.24) is 10.3 Å². The number of aromatic nitrogens is 1. The highest BCUT2D eigenvalue weighted by Gasteiger charge is 2.19. The molecule has 1 aromatic rings. The highest BCUT2D eigenvalue weighted by atomic mass is 79.9. The van der Waals surface area contributed by atoms with E-state index >= 15 is 0 Å². The summed E-state index contributed by atoms with van der Waals surface area (Å²) < 4.78 is 1.07. The van der Waals surface area contributed by atoms with Gasteiger partial charge in [0.25, 0.3) is 0 Å². The summed E-state index contributed by atoms with van der Waals surface area (Å²) in [6.45, 7) is 7.94. The van der Waals surface area contributed by atoms with Crippen LogP contribution in [0.5, 0.6) is 0 Å². The predicted molar refractivity (Wildman–Crippen MR) is 91.0 cm³/mol. The summed E-state index contributed by atoms with van der Waals surface area (Å²) in [4.78, 5) is 4.29. The Morgan fingerprint density at radius 2 is 2.00 bits per heavy atom. The number of unbranched alkanes of at least 4 members (excludes halogenated alkanes) is 1. The molecule has 1 N–H and O–H groups in total. The first kappa shape index (κ1) is 17.6. The molecule has 2 atom stereocenters. The third kappa shape index (κ3) is 6.36. The van der Waals surface area contributed by atoms with Gasteiger partial charge >= 0.3 is 0 Å². The molecule has 0 fully saturated rings. The monoisotopic (exact) mass is 340 g/mol. The topological polar surface area (TPSA) is 24.9 Å². The van der Waals surface area contributed by atoms with Gasteiger partial charge in [0, 0.05) is 22.9 Å². The molecule has 1 aromatic heterocycles. The van der Waals surface area contributed by atoms with Crippen LogP contribution in [0.15, 0.2) is 22.9 Å². The molecule has 0 saturated heterocycles. The molecular formula is C17H29BrN2. The van der Waals surface area contributed by atoms with Gasteiger partial charge in [0.15, 0.2) is 0 Å². The van der Waals surface area contributed by atoms with E-state index in [0.717, 1.165) is 23.4 Å². The summed E-state index contributed by atoms with van der Waals surface area (Å²) in [5.74, 6) is 0.764. The third-order valence-corrected chi connectivity index (χ3v) is 4.33. The Balaban J connectivity index is 2.70. The lowest BCUT2D eigenvalue weighted by molar-refractivity contribution is 0.315. The van der Waals surface area contributed by atoms with Crippen LogP contribution in [0.2, 0.25) is 0 Å². The van der Waals surface area contributed by atoms with Crippen molar-refractivity contribution < 1.29 is 0 Å². The van der Waals surface area contributed by atoms with E-state index in [4.69, 9.17) is 0 Å². The molecule has 0 bridgehead atoms. The van der Waals surface area contributed by atoms with Crippen LogP contribution < -0.4 is 5.32 Å². The standard InChI is InChI=1S/C17H29BrN2/c1-4-7-8-15(6-3)17(20-9-5-2)11-14-10-16(18)13-19-12-14/h10,12-13,15,17,20H,4-9,11H2,1-3H3. The SMILES string of the molecule is CCCCC(CC)C(Cc1cncc(Br)c1)NCCC. The van der Waals surface area contributed by atoms with Crippen molar-refractivity contribution in [3.05, 3.63) is 28.5 Å². The van der Waals surface area contributed by atoms with Gasteiger partial charge in [-0.25, -0.2) is 0 Å². The van der Waals surface area contributed by atoms with Gasteiger partial charge in [-0.05, 0) is 59.3 Å². The second kappa shape index (κ2) is 10.3. The van der Waals surface area contributed by atoms with Gasteiger partial charge in [-0.15, -0.1) is 0 Å². The fourth-order valence-electron chi connectivity index (χ4n) is 2.71. The second-order valence-corrected chi connectivity index (χ2v) is 6.50. The molecule has 0 aromatic carbocycles. The molecule has 0 spiro atoms.